The van der Waals surface area contributed by atoms with Crippen LogP contribution in [0.2, 0.25) is 0 Å². The molecule has 1 heterocycles. The number of benzene rings is 1. The van der Waals surface area contributed by atoms with Crippen molar-refractivity contribution in [2.45, 2.75) is 13.1 Å². The van der Waals surface area contributed by atoms with Gasteiger partial charge in [-0.3, -0.25) is 5.10 Å². The highest BCUT2D eigenvalue weighted by molar-refractivity contribution is 7.71. The standard InChI is InChI=1S/C12H8F3N3S/c1-7-10(12(13,14)15)17-18(11(7)19)9-4-2-8(6-16)3-5-9/h2-5,17H,1H3. The van der Waals surface area contributed by atoms with Gasteiger partial charge >= 0.3 is 6.18 Å². The van der Waals surface area contributed by atoms with Gasteiger partial charge in [0.1, 0.15) is 10.3 Å². The largest absolute Gasteiger partial charge is 0.433 e. The van der Waals surface area contributed by atoms with Gasteiger partial charge in [0.15, 0.2) is 0 Å². The van der Waals surface area contributed by atoms with Gasteiger partial charge in [-0.2, -0.15) is 18.4 Å². The first-order valence-corrected chi connectivity index (χ1v) is 5.65. The summed E-state index contributed by atoms with van der Waals surface area (Å²) in [5, 5.41) is 10.9. The van der Waals surface area contributed by atoms with Gasteiger partial charge in [0.2, 0.25) is 0 Å². The highest BCUT2D eigenvalue weighted by Gasteiger charge is 2.35. The Morgan fingerprint density at radius 3 is 2.26 bits per heavy atom. The zero-order chi connectivity index (χ0) is 14.2. The molecule has 2 rings (SSSR count). The van der Waals surface area contributed by atoms with Crippen molar-refractivity contribution in [1.29, 1.82) is 5.26 Å². The van der Waals surface area contributed by atoms with Crippen molar-refractivity contribution < 1.29 is 13.2 Å². The van der Waals surface area contributed by atoms with E-state index in [4.69, 9.17) is 17.5 Å². The summed E-state index contributed by atoms with van der Waals surface area (Å²) in [5.74, 6) is 0. The maximum atomic E-state index is 12.7. The van der Waals surface area contributed by atoms with Crippen LogP contribution in [0.3, 0.4) is 0 Å². The summed E-state index contributed by atoms with van der Waals surface area (Å²) in [6, 6.07) is 8.03. The van der Waals surface area contributed by atoms with Crippen LogP contribution in [0.1, 0.15) is 16.8 Å². The van der Waals surface area contributed by atoms with Crippen LogP contribution in [0.5, 0.6) is 0 Å². The number of aromatic amines is 1. The minimum Gasteiger partial charge on any atom is -0.288 e. The maximum Gasteiger partial charge on any atom is 0.433 e. The Bertz CT molecular complexity index is 702. The average Bonchev–Trinajstić information content (AvgIpc) is 2.66. The predicted octanol–water partition coefficient (Wildman–Crippen LogP) is 3.73. The van der Waals surface area contributed by atoms with Gasteiger partial charge in [0.05, 0.1) is 17.3 Å². The fourth-order valence-electron chi connectivity index (χ4n) is 1.66. The van der Waals surface area contributed by atoms with E-state index in [9.17, 15) is 13.2 Å². The molecule has 0 radical (unpaired) electrons. The van der Waals surface area contributed by atoms with Crippen molar-refractivity contribution in [3.05, 3.63) is 45.7 Å². The summed E-state index contributed by atoms with van der Waals surface area (Å²) in [6.07, 6.45) is -4.48. The van der Waals surface area contributed by atoms with Crippen molar-refractivity contribution in [3.63, 3.8) is 0 Å². The number of H-pyrrole nitrogens is 1. The molecule has 3 nitrogen and oxygen atoms in total. The minimum absolute atomic E-state index is 0.0214. The van der Waals surface area contributed by atoms with Crippen molar-refractivity contribution in [2.24, 2.45) is 0 Å². The number of hydrogen-bond donors (Lipinski definition) is 1. The molecule has 2 aromatic rings. The van der Waals surface area contributed by atoms with E-state index in [-0.39, 0.29) is 10.2 Å². The third kappa shape index (κ3) is 2.39. The minimum atomic E-state index is -4.48. The average molecular weight is 283 g/mol. The Labute approximate surface area is 111 Å². The van der Waals surface area contributed by atoms with E-state index in [2.05, 4.69) is 5.10 Å². The molecule has 0 saturated heterocycles. The number of halogens is 3. The van der Waals surface area contributed by atoms with E-state index in [1.807, 2.05) is 6.07 Å². The third-order valence-electron chi connectivity index (χ3n) is 2.66. The number of hydrogen-bond acceptors (Lipinski definition) is 2. The summed E-state index contributed by atoms with van der Waals surface area (Å²) in [4.78, 5) is 0. The Balaban J connectivity index is 2.58. The Morgan fingerprint density at radius 1 is 1.26 bits per heavy atom. The molecule has 0 saturated carbocycles. The van der Waals surface area contributed by atoms with E-state index >= 15 is 0 Å². The Hall–Kier alpha value is -2.07. The third-order valence-corrected chi connectivity index (χ3v) is 3.15. The molecular formula is C12H8F3N3S. The molecule has 0 bridgehead atoms. The van der Waals surface area contributed by atoms with Crippen molar-refractivity contribution in [3.8, 4) is 11.8 Å². The summed E-state index contributed by atoms with van der Waals surface area (Å²) in [6.45, 7) is 1.32. The maximum absolute atomic E-state index is 12.7. The van der Waals surface area contributed by atoms with Crippen molar-refractivity contribution >= 4 is 12.2 Å². The lowest BCUT2D eigenvalue weighted by molar-refractivity contribution is -0.141. The Kier molecular flexibility index (Phi) is 3.20. The van der Waals surface area contributed by atoms with E-state index in [0.29, 0.717) is 11.3 Å². The molecule has 0 aliphatic heterocycles. The molecule has 98 valence electrons. The Morgan fingerprint density at radius 2 is 1.84 bits per heavy atom. The molecule has 0 amide bonds. The molecule has 0 aliphatic carbocycles. The van der Waals surface area contributed by atoms with Crippen LogP contribution in [0.15, 0.2) is 24.3 Å². The van der Waals surface area contributed by atoms with E-state index in [1.165, 1.54) is 35.9 Å². The molecule has 0 aliphatic rings. The van der Waals surface area contributed by atoms with Crippen LogP contribution >= 0.6 is 12.2 Å². The number of nitrogens with zero attached hydrogens (tertiary/aromatic N) is 2. The summed E-state index contributed by atoms with van der Waals surface area (Å²) < 4.78 is 39.5. The van der Waals surface area contributed by atoms with Gasteiger partial charge in [-0.1, -0.05) is 12.2 Å². The lowest BCUT2D eigenvalue weighted by atomic mass is 10.2. The number of aromatic nitrogens is 2. The smallest absolute Gasteiger partial charge is 0.288 e. The SMILES string of the molecule is Cc1c(C(F)(F)F)[nH]n(-c2ccc(C#N)cc2)c1=S. The molecule has 1 aromatic carbocycles. The second-order valence-corrected chi connectivity index (χ2v) is 4.30. The summed E-state index contributed by atoms with van der Waals surface area (Å²) in [7, 11) is 0. The lowest BCUT2D eigenvalue weighted by Gasteiger charge is -2.05. The molecule has 1 aromatic heterocycles. The first-order chi connectivity index (χ1) is 8.84. The van der Waals surface area contributed by atoms with Crippen molar-refractivity contribution in [1.82, 2.24) is 9.78 Å². The van der Waals surface area contributed by atoms with Gasteiger partial charge in [0.25, 0.3) is 0 Å². The van der Waals surface area contributed by atoms with E-state index < -0.39 is 11.9 Å². The zero-order valence-corrected chi connectivity index (χ0v) is 10.6. The fraction of sp³-hybridized carbons (Fsp3) is 0.167. The van der Waals surface area contributed by atoms with Crippen molar-refractivity contribution in [2.75, 3.05) is 0 Å². The van der Waals surface area contributed by atoms with Gasteiger partial charge in [0, 0.05) is 5.56 Å². The highest BCUT2D eigenvalue weighted by Crippen LogP contribution is 2.31. The second kappa shape index (κ2) is 4.55. The predicted molar refractivity (Wildman–Crippen MR) is 65.4 cm³/mol. The van der Waals surface area contributed by atoms with Gasteiger partial charge in [-0.25, -0.2) is 4.68 Å². The molecule has 0 unspecified atom stereocenters. The van der Waals surface area contributed by atoms with Gasteiger partial charge in [-0.15, -0.1) is 0 Å². The van der Waals surface area contributed by atoms with Crippen LogP contribution < -0.4 is 0 Å². The normalized spacial score (nSPS) is 11.3. The quantitative estimate of drug-likeness (QED) is 0.810. The van der Waals surface area contributed by atoms with Gasteiger partial charge in [-0.05, 0) is 31.2 Å². The van der Waals surface area contributed by atoms with E-state index in [0.717, 1.165) is 0 Å². The molecule has 0 fully saturated rings. The molecule has 7 heteroatoms. The fourth-order valence-corrected chi connectivity index (χ4v) is 1.92. The highest BCUT2D eigenvalue weighted by atomic mass is 32.1. The number of rotatable bonds is 1. The monoisotopic (exact) mass is 283 g/mol. The molecular weight excluding hydrogens is 275 g/mol. The first kappa shape index (κ1) is 13.4. The van der Waals surface area contributed by atoms with Crippen LogP contribution in [-0.4, -0.2) is 9.78 Å². The lowest BCUT2D eigenvalue weighted by Crippen LogP contribution is -2.08. The molecule has 0 spiro atoms. The number of nitrogens with one attached hydrogen (secondary N) is 1. The zero-order valence-electron chi connectivity index (χ0n) is 9.75. The number of nitriles is 1. The molecule has 19 heavy (non-hydrogen) atoms. The van der Waals surface area contributed by atoms with Crippen LogP contribution in [0.25, 0.3) is 5.69 Å². The summed E-state index contributed by atoms with van der Waals surface area (Å²) in [5.41, 5.74) is -0.00842. The molecule has 1 N–H and O–H groups in total. The van der Waals surface area contributed by atoms with Crippen LogP contribution in [0, 0.1) is 22.9 Å². The second-order valence-electron chi connectivity index (χ2n) is 3.91. The van der Waals surface area contributed by atoms with E-state index in [1.54, 1.807) is 0 Å². The number of alkyl halides is 3. The summed E-state index contributed by atoms with van der Waals surface area (Å²) >= 11 is 4.99. The van der Waals surface area contributed by atoms with Crippen LogP contribution in [0.4, 0.5) is 13.2 Å². The van der Waals surface area contributed by atoms with Gasteiger partial charge < -0.3 is 0 Å². The van der Waals surface area contributed by atoms with Crippen LogP contribution in [-0.2, 0) is 6.18 Å². The topological polar surface area (TPSA) is 44.5 Å². The molecule has 0 atom stereocenters. The first-order valence-electron chi connectivity index (χ1n) is 5.24.